The Morgan fingerprint density at radius 1 is 1.21 bits per heavy atom. The lowest BCUT2D eigenvalue weighted by Gasteiger charge is -2.30. The average molecular weight is 534 g/mol. The summed E-state index contributed by atoms with van der Waals surface area (Å²) in [5.41, 5.74) is 1.14. The molecule has 1 amide bonds. The maximum absolute atomic E-state index is 13.5. The molecule has 1 aromatic heterocycles. The van der Waals surface area contributed by atoms with E-state index in [1.54, 1.807) is 0 Å². The van der Waals surface area contributed by atoms with Gasteiger partial charge < -0.3 is 19.8 Å². The number of nitrogens with zero attached hydrogens (tertiary/aromatic N) is 3. The normalized spacial score (nSPS) is 15.0. The third kappa shape index (κ3) is 6.08. The summed E-state index contributed by atoms with van der Waals surface area (Å²) >= 11 is 3.51. The van der Waals surface area contributed by atoms with Gasteiger partial charge in [0.05, 0.1) is 13.2 Å². The van der Waals surface area contributed by atoms with Gasteiger partial charge in [-0.1, -0.05) is 54.2 Å². The van der Waals surface area contributed by atoms with E-state index >= 15 is 0 Å². The SMILES string of the molecule is CCCCOc1c(O)nc(CC2(c3ccc(Br)cc3)CCCC2)nc1C(=O)N(CCO)C(C)C. The van der Waals surface area contributed by atoms with Crippen LogP contribution in [0.3, 0.4) is 0 Å². The van der Waals surface area contributed by atoms with Crippen LogP contribution in [-0.4, -0.2) is 56.8 Å². The first-order valence-corrected chi connectivity index (χ1v) is 13.0. The number of aromatic nitrogens is 2. The van der Waals surface area contributed by atoms with E-state index in [0.717, 1.165) is 43.0 Å². The minimum absolute atomic E-state index is 0.0231. The highest BCUT2D eigenvalue weighted by Gasteiger charge is 2.38. The van der Waals surface area contributed by atoms with Crippen LogP contribution in [0.25, 0.3) is 0 Å². The Labute approximate surface area is 210 Å². The van der Waals surface area contributed by atoms with Crippen molar-refractivity contribution in [3.63, 3.8) is 0 Å². The van der Waals surface area contributed by atoms with Crippen molar-refractivity contribution >= 4 is 21.8 Å². The van der Waals surface area contributed by atoms with Gasteiger partial charge in [-0.05, 0) is 50.8 Å². The van der Waals surface area contributed by atoms with E-state index in [0.29, 0.717) is 18.9 Å². The Balaban J connectivity index is 2.02. The predicted molar refractivity (Wildman–Crippen MR) is 135 cm³/mol. The molecule has 1 fully saturated rings. The van der Waals surface area contributed by atoms with Gasteiger partial charge in [0.1, 0.15) is 5.82 Å². The summed E-state index contributed by atoms with van der Waals surface area (Å²) < 4.78 is 6.82. The van der Waals surface area contributed by atoms with Gasteiger partial charge >= 0.3 is 0 Å². The van der Waals surface area contributed by atoms with Crippen LogP contribution in [-0.2, 0) is 11.8 Å². The topological polar surface area (TPSA) is 95.8 Å². The third-order valence-electron chi connectivity index (χ3n) is 6.58. The first-order chi connectivity index (χ1) is 16.3. The number of amides is 1. The lowest BCUT2D eigenvalue weighted by molar-refractivity contribution is 0.0652. The zero-order valence-electron chi connectivity index (χ0n) is 20.4. The van der Waals surface area contributed by atoms with Gasteiger partial charge in [-0.25, -0.2) is 4.98 Å². The van der Waals surface area contributed by atoms with Crippen LogP contribution < -0.4 is 4.74 Å². The Bertz CT molecular complexity index is 959. The molecule has 0 bridgehead atoms. The molecule has 0 saturated heterocycles. The summed E-state index contributed by atoms with van der Waals surface area (Å²) in [7, 11) is 0. The number of benzene rings is 1. The number of carbonyl (C=O) groups excluding carboxylic acids is 1. The second-order valence-electron chi connectivity index (χ2n) is 9.33. The van der Waals surface area contributed by atoms with Crippen molar-refractivity contribution in [3.8, 4) is 11.6 Å². The molecule has 34 heavy (non-hydrogen) atoms. The van der Waals surface area contributed by atoms with Crippen molar-refractivity contribution in [1.82, 2.24) is 14.9 Å². The molecule has 0 atom stereocenters. The maximum Gasteiger partial charge on any atom is 0.276 e. The fourth-order valence-corrected chi connectivity index (χ4v) is 4.99. The fraction of sp³-hybridized carbons (Fsp3) is 0.577. The molecule has 2 aromatic rings. The van der Waals surface area contributed by atoms with E-state index < -0.39 is 0 Å². The number of aliphatic hydroxyl groups is 1. The van der Waals surface area contributed by atoms with Gasteiger partial charge in [0.15, 0.2) is 5.69 Å². The molecule has 0 radical (unpaired) electrons. The lowest BCUT2D eigenvalue weighted by Crippen LogP contribution is -2.40. The van der Waals surface area contributed by atoms with Crippen molar-refractivity contribution in [2.45, 2.75) is 77.2 Å². The molecule has 7 nitrogen and oxygen atoms in total. The minimum atomic E-state index is -0.376. The zero-order valence-corrected chi connectivity index (χ0v) is 22.0. The highest BCUT2D eigenvalue weighted by atomic mass is 79.9. The molecule has 1 aliphatic carbocycles. The molecule has 0 spiro atoms. The Hall–Kier alpha value is -2.19. The second kappa shape index (κ2) is 12.0. The van der Waals surface area contributed by atoms with Gasteiger partial charge in [-0.15, -0.1) is 0 Å². The summed E-state index contributed by atoms with van der Waals surface area (Å²) in [5.74, 6) is -0.226. The minimum Gasteiger partial charge on any atom is -0.491 e. The number of hydrogen-bond acceptors (Lipinski definition) is 6. The number of aromatic hydroxyl groups is 1. The lowest BCUT2D eigenvalue weighted by atomic mass is 9.76. The summed E-state index contributed by atoms with van der Waals surface area (Å²) in [5, 5.41) is 20.3. The molecule has 2 N–H and O–H groups in total. The highest BCUT2D eigenvalue weighted by molar-refractivity contribution is 9.10. The number of ether oxygens (including phenoxy) is 1. The number of aliphatic hydroxyl groups excluding tert-OH is 1. The van der Waals surface area contributed by atoms with Crippen molar-refractivity contribution in [3.05, 3.63) is 45.8 Å². The van der Waals surface area contributed by atoms with Gasteiger partial charge in [-0.3, -0.25) is 4.79 Å². The summed E-state index contributed by atoms with van der Waals surface area (Å²) in [6, 6.07) is 8.20. The van der Waals surface area contributed by atoms with E-state index in [1.807, 2.05) is 32.9 Å². The van der Waals surface area contributed by atoms with E-state index in [2.05, 4.69) is 38.0 Å². The quantitative estimate of drug-likeness (QED) is 0.393. The van der Waals surface area contributed by atoms with Crippen LogP contribution in [0.5, 0.6) is 11.6 Å². The molecule has 1 aromatic carbocycles. The Kier molecular flexibility index (Phi) is 9.31. The summed E-state index contributed by atoms with van der Waals surface area (Å²) in [6.07, 6.45) is 6.46. The largest absolute Gasteiger partial charge is 0.491 e. The van der Waals surface area contributed by atoms with Crippen molar-refractivity contribution < 1.29 is 19.7 Å². The second-order valence-corrected chi connectivity index (χ2v) is 10.2. The fourth-order valence-electron chi connectivity index (χ4n) is 4.72. The van der Waals surface area contributed by atoms with Crippen LogP contribution in [0, 0.1) is 0 Å². The average Bonchev–Trinajstić information content (AvgIpc) is 3.28. The van der Waals surface area contributed by atoms with Crippen LogP contribution in [0.1, 0.15) is 81.2 Å². The molecule has 0 unspecified atom stereocenters. The zero-order chi connectivity index (χ0) is 24.7. The number of rotatable bonds is 11. The van der Waals surface area contributed by atoms with Crippen LogP contribution >= 0.6 is 15.9 Å². The smallest absolute Gasteiger partial charge is 0.276 e. The van der Waals surface area contributed by atoms with Gasteiger partial charge in [0.25, 0.3) is 11.8 Å². The molecule has 1 aliphatic rings. The van der Waals surface area contributed by atoms with E-state index in [1.165, 1.54) is 10.5 Å². The number of carbonyl (C=O) groups is 1. The molecule has 3 rings (SSSR count). The molecule has 1 saturated carbocycles. The van der Waals surface area contributed by atoms with E-state index in [4.69, 9.17) is 4.74 Å². The standard InChI is InChI=1S/C26H36BrN3O4/c1-4-5-16-34-23-22(25(33)30(14-15-31)18(2)3)28-21(29-24(23)32)17-26(12-6-7-13-26)19-8-10-20(27)11-9-19/h8-11,18,31H,4-7,12-17H2,1-3H3,(H,28,29,32). The van der Waals surface area contributed by atoms with Gasteiger partial charge in [0.2, 0.25) is 5.75 Å². The van der Waals surface area contributed by atoms with Crippen LogP contribution in [0.2, 0.25) is 0 Å². The number of unbranched alkanes of at least 4 members (excludes halogenated alkanes) is 1. The van der Waals surface area contributed by atoms with E-state index in [-0.39, 0.29) is 47.8 Å². The van der Waals surface area contributed by atoms with Crippen LogP contribution in [0.15, 0.2) is 28.7 Å². The molecule has 186 valence electrons. The van der Waals surface area contributed by atoms with Crippen molar-refractivity contribution in [2.75, 3.05) is 19.8 Å². The maximum atomic E-state index is 13.5. The van der Waals surface area contributed by atoms with Crippen molar-refractivity contribution in [1.29, 1.82) is 0 Å². The van der Waals surface area contributed by atoms with E-state index in [9.17, 15) is 15.0 Å². The molecule has 0 aliphatic heterocycles. The highest BCUT2D eigenvalue weighted by Crippen LogP contribution is 2.44. The Morgan fingerprint density at radius 2 is 1.88 bits per heavy atom. The van der Waals surface area contributed by atoms with Crippen LogP contribution in [0.4, 0.5) is 0 Å². The molecular formula is C26H36BrN3O4. The first kappa shape index (κ1) is 26.4. The predicted octanol–water partition coefficient (Wildman–Crippen LogP) is 5.02. The summed E-state index contributed by atoms with van der Waals surface area (Å²) in [4.78, 5) is 24.1. The Morgan fingerprint density at radius 3 is 2.47 bits per heavy atom. The van der Waals surface area contributed by atoms with Gasteiger partial charge in [0, 0.05) is 28.9 Å². The molecule has 1 heterocycles. The molecule has 8 heteroatoms. The first-order valence-electron chi connectivity index (χ1n) is 12.2. The third-order valence-corrected chi connectivity index (χ3v) is 7.11. The van der Waals surface area contributed by atoms with Gasteiger partial charge in [-0.2, -0.15) is 4.98 Å². The number of hydrogen-bond donors (Lipinski definition) is 2. The monoisotopic (exact) mass is 533 g/mol. The number of halogens is 1. The van der Waals surface area contributed by atoms with Crippen molar-refractivity contribution in [2.24, 2.45) is 0 Å². The molecular weight excluding hydrogens is 498 g/mol. The summed E-state index contributed by atoms with van der Waals surface area (Å²) in [6.45, 7) is 6.18.